The SMILES string of the molecule is Cc1cc(C)n(C)c(=O)c1C(=O)N[C@H](Cc1ccccc1)c1ccc2c(c1)OCCO2. The highest BCUT2D eigenvalue weighted by Gasteiger charge is 2.23. The van der Waals surface area contributed by atoms with E-state index in [2.05, 4.69) is 5.32 Å². The van der Waals surface area contributed by atoms with Crippen LogP contribution in [0.25, 0.3) is 0 Å². The predicted molar refractivity (Wildman–Crippen MR) is 119 cm³/mol. The minimum atomic E-state index is -0.381. The van der Waals surface area contributed by atoms with Gasteiger partial charge < -0.3 is 19.4 Å². The summed E-state index contributed by atoms with van der Waals surface area (Å²) in [6, 6.07) is 17.2. The van der Waals surface area contributed by atoms with Crippen molar-refractivity contribution in [1.29, 1.82) is 0 Å². The highest BCUT2D eigenvalue weighted by molar-refractivity contribution is 5.95. The Balaban J connectivity index is 1.69. The molecule has 0 unspecified atom stereocenters. The standard InChI is InChI=1S/C25H26N2O4/c1-16-13-17(2)27(3)25(29)23(16)24(28)26-20(14-18-7-5-4-6-8-18)19-9-10-21-22(15-19)31-12-11-30-21/h4-10,13,15,20H,11-12,14H2,1-3H3,(H,26,28)/t20-/m1/s1. The topological polar surface area (TPSA) is 69.6 Å². The molecular weight excluding hydrogens is 392 g/mol. The Hall–Kier alpha value is -3.54. The number of amides is 1. The number of carbonyl (C=O) groups excluding carboxylic acids is 1. The molecule has 4 rings (SSSR count). The number of nitrogens with one attached hydrogen (secondary N) is 1. The largest absolute Gasteiger partial charge is 0.486 e. The fourth-order valence-electron chi connectivity index (χ4n) is 3.86. The minimum absolute atomic E-state index is 0.170. The Labute approximate surface area is 181 Å². The molecule has 31 heavy (non-hydrogen) atoms. The lowest BCUT2D eigenvalue weighted by Crippen LogP contribution is -2.36. The molecule has 1 amide bonds. The molecule has 0 saturated carbocycles. The molecule has 6 nitrogen and oxygen atoms in total. The average molecular weight is 418 g/mol. The van der Waals surface area contributed by atoms with Crippen molar-refractivity contribution in [3.63, 3.8) is 0 Å². The van der Waals surface area contributed by atoms with Crippen LogP contribution in [0.3, 0.4) is 0 Å². The summed E-state index contributed by atoms with van der Waals surface area (Å²) < 4.78 is 12.9. The molecule has 0 bridgehead atoms. The van der Waals surface area contributed by atoms with E-state index in [0.717, 1.165) is 16.8 Å². The van der Waals surface area contributed by atoms with Crippen molar-refractivity contribution in [2.45, 2.75) is 26.3 Å². The van der Waals surface area contributed by atoms with E-state index in [1.54, 1.807) is 14.0 Å². The van der Waals surface area contributed by atoms with Crippen LogP contribution in [0.1, 0.15) is 38.8 Å². The van der Waals surface area contributed by atoms with Gasteiger partial charge in [-0.1, -0.05) is 36.4 Å². The zero-order valence-corrected chi connectivity index (χ0v) is 18.0. The van der Waals surface area contributed by atoms with Gasteiger partial charge in [0, 0.05) is 12.7 Å². The third kappa shape index (κ3) is 4.33. The average Bonchev–Trinajstić information content (AvgIpc) is 2.77. The molecule has 0 spiro atoms. The summed E-state index contributed by atoms with van der Waals surface area (Å²) in [5, 5.41) is 3.08. The van der Waals surface area contributed by atoms with Crippen LogP contribution in [0.4, 0.5) is 0 Å². The van der Waals surface area contributed by atoms with E-state index in [4.69, 9.17) is 9.47 Å². The van der Waals surface area contributed by atoms with E-state index in [1.165, 1.54) is 4.57 Å². The first-order valence-corrected chi connectivity index (χ1v) is 10.4. The number of carbonyl (C=O) groups is 1. The number of fused-ring (bicyclic) bond motifs is 1. The second kappa shape index (κ2) is 8.68. The quantitative estimate of drug-likeness (QED) is 0.689. The first kappa shape index (κ1) is 20.7. The van der Waals surface area contributed by atoms with Crippen LogP contribution in [-0.2, 0) is 13.5 Å². The molecule has 6 heteroatoms. The summed E-state index contributed by atoms with van der Waals surface area (Å²) in [6.07, 6.45) is 0.581. The molecule has 0 aliphatic carbocycles. The molecule has 160 valence electrons. The summed E-state index contributed by atoms with van der Waals surface area (Å²) in [5.41, 5.74) is 3.32. The Morgan fingerprint density at radius 3 is 2.48 bits per heavy atom. The van der Waals surface area contributed by atoms with Gasteiger partial charge in [-0.25, -0.2) is 0 Å². The normalized spacial score (nSPS) is 13.5. The molecule has 1 aliphatic heterocycles. The Kier molecular flexibility index (Phi) is 5.80. The van der Waals surface area contributed by atoms with Crippen LogP contribution in [0.15, 0.2) is 59.4 Å². The van der Waals surface area contributed by atoms with Crippen LogP contribution in [0.5, 0.6) is 11.5 Å². The zero-order chi connectivity index (χ0) is 22.0. The zero-order valence-electron chi connectivity index (χ0n) is 18.0. The molecule has 0 saturated heterocycles. The third-order valence-electron chi connectivity index (χ3n) is 5.65. The molecule has 1 N–H and O–H groups in total. The van der Waals surface area contributed by atoms with E-state index in [0.29, 0.717) is 36.7 Å². The highest BCUT2D eigenvalue weighted by atomic mass is 16.6. The van der Waals surface area contributed by atoms with Crippen molar-refractivity contribution in [2.24, 2.45) is 7.05 Å². The van der Waals surface area contributed by atoms with Crippen LogP contribution < -0.4 is 20.3 Å². The van der Waals surface area contributed by atoms with Gasteiger partial charge in [0.05, 0.1) is 6.04 Å². The van der Waals surface area contributed by atoms with Crippen molar-refractivity contribution < 1.29 is 14.3 Å². The first-order valence-electron chi connectivity index (χ1n) is 10.4. The summed E-state index contributed by atoms with van der Waals surface area (Å²) >= 11 is 0. The van der Waals surface area contributed by atoms with E-state index in [1.807, 2.05) is 61.5 Å². The molecule has 1 aliphatic rings. The van der Waals surface area contributed by atoms with Gasteiger partial charge in [-0.05, 0) is 55.2 Å². The number of rotatable bonds is 5. The molecule has 1 atom stereocenters. The number of hydrogen-bond donors (Lipinski definition) is 1. The first-order chi connectivity index (χ1) is 14.9. The maximum atomic E-state index is 13.2. The molecule has 2 aromatic carbocycles. The Bertz CT molecular complexity index is 1170. The maximum Gasteiger partial charge on any atom is 0.263 e. The molecule has 0 radical (unpaired) electrons. The fraction of sp³-hybridized carbons (Fsp3) is 0.280. The summed E-state index contributed by atoms with van der Waals surface area (Å²) in [7, 11) is 1.68. The van der Waals surface area contributed by atoms with Gasteiger partial charge in [-0.15, -0.1) is 0 Å². The van der Waals surface area contributed by atoms with E-state index in [9.17, 15) is 9.59 Å². The molecule has 2 heterocycles. The second-order valence-electron chi connectivity index (χ2n) is 7.83. The van der Waals surface area contributed by atoms with Gasteiger partial charge in [-0.2, -0.15) is 0 Å². The van der Waals surface area contributed by atoms with Crippen molar-refractivity contribution in [1.82, 2.24) is 9.88 Å². The molecule has 1 aromatic heterocycles. The number of benzene rings is 2. The van der Waals surface area contributed by atoms with Gasteiger partial charge >= 0.3 is 0 Å². The molecule has 0 fully saturated rings. The number of pyridine rings is 1. The number of aromatic nitrogens is 1. The number of ether oxygens (including phenoxy) is 2. The molecular formula is C25H26N2O4. The van der Waals surface area contributed by atoms with Crippen LogP contribution >= 0.6 is 0 Å². The minimum Gasteiger partial charge on any atom is -0.486 e. The lowest BCUT2D eigenvalue weighted by atomic mass is 9.97. The highest BCUT2D eigenvalue weighted by Crippen LogP contribution is 2.33. The fourth-order valence-corrected chi connectivity index (χ4v) is 3.86. The summed E-state index contributed by atoms with van der Waals surface area (Å²) in [5.74, 6) is 0.982. The van der Waals surface area contributed by atoms with Crippen molar-refractivity contribution >= 4 is 5.91 Å². The van der Waals surface area contributed by atoms with Gasteiger partial charge in [0.1, 0.15) is 18.8 Å². The molecule has 3 aromatic rings. The van der Waals surface area contributed by atoms with Gasteiger partial charge in [0.2, 0.25) is 0 Å². The van der Waals surface area contributed by atoms with Gasteiger partial charge in [0.25, 0.3) is 11.5 Å². The smallest absolute Gasteiger partial charge is 0.263 e. The second-order valence-corrected chi connectivity index (χ2v) is 7.83. The van der Waals surface area contributed by atoms with Crippen LogP contribution in [0.2, 0.25) is 0 Å². The Morgan fingerprint density at radius 2 is 1.74 bits per heavy atom. The third-order valence-corrected chi connectivity index (χ3v) is 5.65. The van der Waals surface area contributed by atoms with E-state index < -0.39 is 0 Å². The lowest BCUT2D eigenvalue weighted by Gasteiger charge is -2.23. The maximum absolute atomic E-state index is 13.2. The monoisotopic (exact) mass is 418 g/mol. The van der Waals surface area contributed by atoms with Crippen molar-refractivity contribution in [2.75, 3.05) is 13.2 Å². The van der Waals surface area contributed by atoms with Crippen molar-refractivity contribution in [3.8, 4) is 11.5 Å². The Morgan fingerprint density at radius 1 is 1.03 bits per heavy atom. The van der Waals surface area contributed by atoms with E-state index in [-0.39, 0.29) is 23.1 Å². The van der Waals surface area contributed by atoms with Gasteiger partial charge in [-0.3, -0.25) is 9.59 Å². The summed E-state index contributed by atoms with van der Waals surface area (Å²) in [4.78, 5) is 26.0. The summed E-state index contributed by atoms with van der Waals surface area (Å²) in [6.45, 7) is 4.65. The number of aryl methyl sites for hydroxylation is 2. The van der Waals surface area contributed by atoms with Gasteiger partial charge in [0.15, 0.2) is 11.5 Å². The van der Waals surface area contributed by atoms with Crippen LogP contribution in [0, 0.1) is 13.8 Å². The van der Waals surface area contributed by atoms with Crippen molar-refractivity contribution in [3.05, 3.63) is 92.9 Å². The van der Waals surface area contributed by atoms with E-state index >= 15 is 0 Å². The number of hydrogen-bond acceptors (Lipinski definition) is 4. The lowest BCUT2D eigenvalue weighted by molar-refractivity contribution is 0.0933. The predicted octanol–water partition coefficient (Wildman–Crippen LogP) is 3.49. The van der Waals surface area contributed by atoms with Crippen LogP contribution in [-0.4, -0.2) is 23.7 Å². The number of nitrogens with zero attached hydrogens (tertiary/aromatic N) is 1.